The van der Waals surface area contributed by atoms with Crippen molar-refractivity contribution in [2.24, 2.45) is 0 Å². The smallest absolute Gasteiger partial charge is 0.337 e. The first-order valence-corrected chi connectivity index (χ1v) is 6.56. The summed E-state index contributed by atoms with van der Waals surface area (Å²) in [4.78, 5) is 46.6. The number of methoxy groups -OCH3 is 3. The maximum atomic E-state index is 12.2. The summed E-state index contributed by atoms with van der Waals surface area (Å²) in [6.45, 7) is 0. The van der Waals surface area contributed by atoms with E-state index in [0.29, 0.717) is 0 Å². The lowest BCUT2D eigenvalue weighted by molar-refractivity contribution is -0.149. The fraction of sp³-hybridized carbons (Fsp3) is 0.333. The van der Waals surface area contributed by atoms with Gasteiger partial charge < -0.3 is 19.5 Å². The molecule has 124 valence electrons. The van der Waals surface area contributed by atoms with Crippen molar-refractivity contribution in [1.82, 2.24) is 5.32 Å². The standard InChI is InChI=1S/C15H17NO7/c1-21-12(17)8-11(15(20)23-3)16-13(18)9-5-4-6-10(7-9)14(19)22-2/h4-7,11H,8H2,1-3H3,(H,16,18)/t11-/m1/s1. The number of amides is 1. The van der Waals surface area contributed by atoms with Crippen molar-refractivity contribution in [3.63, 3.8) is 0 Å². The van der Waals surface area contributed by atoms with Gasteiger partial charge in [-0.3, -0.25) is 9.59 Å². The average Bonchev–Trinajstić information content (AvgIpc) is 2.59. The summed E-state index contributed by atoms with van der Waals surface area (Å²) in [7, 11) is 3.52. The van der Waals surface area contributed by atoms with Gasteiger partial charge in [0.05, 0.1) is 33.3 Å². The van der Waals surface area contributed by atoms with Crippen LogP contribution in [0.2, 0.25) is 0 Å². The highest BCUT2D eigenvalue weighted by Gasteiger charge is 2.25. The van der Waals surface area contributed by atoms with Crippen LogP contribution >= 0.6 is 0 Å². The molecule has 0 aliphatic carbocycles. The Bertz CT molecular complexity index is 612. The molecule has 0 saturated heterocycles. The monoisotopic (exact) mass is 323 g/mol. The quantitative estimate of drug-likeness (QED) is 0.593. The number of esters is 3. The first-order chi connectivity index (χ1) is 10.9. The molecule has 0 radical (unpaired) electrons. The Morgan fingerprint density at radius 1 is 1.00 bits per heavy atom. The van der Waals surface area contributed by atoms with E-state index in [1.807, 2.05) is 0 Å². The van der Waals surface area contributed by atoms with Crippen molar-refractivity contribution in [3.05, 3.63) is 35.4 Å². The molecular weight excluding hydrogens is 306 g/mol. The highest BCUT2D eigenvalue weighted by atomic mass is 16.5. The normalized spacial score (nSPS) is 11.1. The molecule has 0 aliphatic heterocycles. The van der Waals surface area contributed by atoms with Crippen molar-refractivity contribution in [2.45, 2.75) is 12.5 Å². The number of benzene rings is 1. The number of hydrogen-bond donors (Lipinski definition) is 1. The Hall–Kier alpha value is -2.90. The van der Waals surface area contributed by atoms with E-state index >= 15 is 0 Å². The molecule has 23 heavy (non-hydrogen) atoms. The van der Waals surface area contributed by atoms with Crippen LogP contribution in [0.1, 0.15) is 27.1 Å². The number of nitrogens with one attached hydrogen (secondary N) is 1. The van der Waals surface area contributed by atoms with E-state index in [4.69, 9.17) is 0 Å². The number of hydrogen-bond acceptors (Lipinski definition) is 7. The minimum absolute atomic E-state index is 0.131. The second kappa shape index (κ2) is 8.52. The topological polar surface area (TPSA) is 108 Å². The fourth-order valence-electron chi connectivity index (χ4n) is 1.73. The van der Waals surface area contributed by atoms with E-state index in [2.05, 4.69) is 19.5 Å². The zero-order valence-corrected chi connectivity index (χ0v) is 13.0. The Kier molecular flexibility index (Phi) is 6.72. The van der Waals surface area contributed by atoms with Gasteiger partial charge in [-0.25, -0.2) is 9.59 Å². The van der Waals surface area contributed by atoms with Crippen molar-refractivity contribution in [3.8, 4) is 0 Å². The highest BCUT2D eigenvalue weighted by Crippen LogP contribution is 2.08. The molecule has 0 saturated carbocycles. The van der Waals surface area contributed by atoms with Gasteiger partial charge in [0.25, 0.3) is 5.91 Å². The Morgan fingerprint density at radius 3 is 2.22 bits per heavy atom. The minimum Gasteiger partial charge on any atom is -0.469 e. The van der Waals surface area contributed by atoms with Crippen molar-refractivity contribution in [2.75, 3.05) is 21.3 Å². The van der Waals surface area contributed by atoms with Crippen LogP contribution in [-0.2, 0) is 23.8 Å². The summed E-state index contributed by atoms with van der Waals surface area (Å²) in [5.74, 6) is -2.70. The predicted molar refractivity (Wildman–Crippen MR) is 77.7 cm³/mol. The van der Waals surface area contributed by atoms with Crippen LogP contribution in [0.3, 0.4) is 0 Å². The second-order valence-electron chi connectivity index (χ2n) is 4.40. The largest absolute Gasteiger partial charge is 0.469 e. The van der Waals surface area contributed by atoms with E-state index in [9.17, 15) is 19.2 Å². The third kappa shape index (κ3) is 5.10. The van der Waals surface area contributed by atoms with Gasteiger partial charge in [-0.05, 0) is 18.2 Å². The molecule has 1 aromatic rings. The number of rotatable bonds is 6. The molecule has 1 rings (SSSR count). The average molecular weight is 323 g/mol. The highest BCUT2D eigenvalue weighted by molar-refractivity contribution is 6.00. The third-order valence-electron chi connectivity index (χ3n) is 2.94. The first kappa shape index (κ1) is 18.1. The molecule has 1 N–H and O–H groups in total. The van der Waals surface area contributed by atoms with Gasteiger partial charge in [0.15, 0.2) is 0 Å². The summed E-state index contributed by atoms with van der Waals surface area (Å²) < 4.78 is 13.6. The lowest BCUT2D eigenvalue weighted by Gasteiger charge is -2.15. The van der Waals surface area contributed by atoms with Crippen LogP contribution < -0.4 is 5.32 Å². The van der Waals surface area contributed by atoms with E-state index < -0.39 is 29.9 Å². The Labute approximate surface area is 132 Å². The van der Waals surface area contributed by atoms with E-state index in [1.54, 1.807) is 0 Å². The maximum Gasteiger partial charge on any atom is 0.337 e. The number of ether oxygens (including phenoxy) is 3. The van der Waals surface area contributed by atoms with Crippen molar-refractivity contribution >= 4 is 23.8 Å². The van der Waals surface area contributed by atoms with E-state index in [0.717, 1.165) is 7.11 Å². The minimum atomic E-state index is -1.19. The van der Waals surface area contributed by atoms with Gasteiger partial charge in [0, 0.05) is 5.56 Å². The predicted octanol–water partition coefficient (Wildman–Crippen LogP) is 0.308. The second-order valence-corrected chi connectivity index (χ2v) is 4.40. The third-order valence-corrected chi connectivity index (χ3v) is 2.94. The van der Waals surface area contributed by atoms with Crippen LogP contribution in [0.25, 0.3) is 0 Å². The van der Waals surface area contributed by atoms with Crippen LogP contribution in [0.4, 0.5) is 0 Å². The zero-order valence-electron chi connectivity index (χ0n) is 13.0. The molecule has 1 amide bonds. The summed E-state index contributed by atoms with van der Waals surface area (Å²) >= 11 is 0. The number of carbonyl (C=O) groups excluding carboxylic acids is 4. The molecule has 1 atom stereocenters. The van der Waals surface area contributed by atoms with Gasteiger partial charge in [0.1, 0.15) is 6.04 Å². The Balaban J connectivity index is 2.92. The van der Waals surface area contributed by atoms with Crippen molar-refractivity contribution < 1.29 is 33.4 Å². The molecule has 1 aromatic carbocycles. The van der Waals surface area contributed by atoms with E-state index in [1.165, 1.54) is 38.5 Å². The van der Waals surface area contributed by atoms with Crippen molar-refractivity contribution in [1.29, 1.82) is 0 Å². The van der Waals surface area contributed by atoms with E-state index in [-0.39, 0.29) is 17.5 Å². The molecule has 0 fully saturated rings. The molecular formula is C15H17NO7. The molecule has 0 heterocycles. The van der Waals surface area contributed by atoms with Gasteiger partial charge in [-0.2, -0.15) is 0 Å². The SMILES string of the molecule is COC(=O)C[C@@H](NC(=O)c1cccc(C(=O)OC)c1)C(=O)OC. The molecule has 0 aliphatic rings. The van der Waals surface area contributed by atoms with Gasteiger partial charge in [-0.15, -0.1) is 0 Å². The summed E-state index contributed by atoms with van der Waals surface area (Å²) in [5.41, 5.74) is 0.314. The molecule has 8 nitrogen and oxygen atoms in total. The fourth-order valence-corrected chi connectivity index (χ4v) is 1.73. The summed E-state index contributed by atoms with van der Waals surface area (Å²) in [6, 6.07) is 4.55. The van der Waals surface area contributed by atoms with Crippen LogP contribution in [0.15, 0.2) is 24.3 Å². The van der Waals surface area contributed by atoms with Gasteiger partial charge >= 0.3 is 17.9 Å². The maximum absolute atomic E-state index is 12.2. The summed E-state index contributed by atoms with van der Waals surface area (Å²) in [6.07, 6.45) is -0.369. The first-order valence-electron chi connectivity index (χ1n) is 6.56. The van der Waals surface area contributed by atoms with Crippen LogP contribution in [0.5, 0.6) is 0 Å². The molecule has 0 unspecified atom stereocenters. The van der Waals surface area contributed by atoms with Crippen LogP contribution in [-0.4, -0.2) is 51.2 Å². The lowest BCUT2D eigenvalue weighted by Crippen LogP contribution is -2.43. The molecule has 0 aromatic heterocycles. The lowest BCUT2D eigenvalue weighted by atomic mass is 10.1. The summed E-state index contributed by atoms with van der Waals surface area (Å²) in [5, 5.41) is 2.37. The zero-order chi connectivity index (χ0) is 17.4. The molecule has 0 bridgehead atoms. The molecule has 8 heteroatoms. The Morgan fingerprint density at radius 2 is 1.65 bits per heavy atom. The number of carbonyl (C=O) groups is 4. The molecule has 0 spiro atoms. The van der Waals surface area contributed by atoms with Gasteiger partial charge in [-0.1, -0.05) is 6.07 Å². The van der Waals surface area contributed by atoms with Gasteiger partial charge in [0.2, 0.25) is 0 Å². The van der Waals surface area contributed by atoms with Crippen LogP contribution in [0, 0.1) is 0 Å².